The van der Waals surface area contributed by atoms with Crippen LogP contribution in [0.15, 0.2) is 297 Å². The van der Waals surface area contributed by atoms with E-state index in [1.807, 2.05) is 0 Å². The van der Waals surface area contributed by atoms with Crippen LogP contribution in [0.3, 0.4) is 0 Å². The third-order valence-corrected chi connectivity index (χ3v) is 15.1. The van der Waals surface area contributed by atoms with Gasteiger partial charge in [-0.05, 0) is 151 Å². The predicted molar refractivity (Wildman–Crippen MR) is 312 cm³/mol. The Balaban J connectivity index is 1.02. The number of aryl methyl sites for hydroxylation is 1. The minimum atomic E-state index is -0.566. The lowest BCUT2D eigenvalue weighted by Crippen LogP contribution is -2.28. The van der Waals surface area contributed by atoms with Crippen molar-refractivity contribution in [3.63, 3.8) is 0 Å². The van der Waals surface area contributed by atoms with E-state index in [2.05, 4.69) is 314 Å². The molecule has 1 aliphatic rings. The molecule has 0 radical (unpaired) electrons. The van der Waals surface area contributed by atoms with Crippen molar-refractivity contribution in [1.29, 1.82) is 0 Å². The molecule has 1 aliphatic carbocycles. The average molecular weight is 945 g/mol. The lowest BCUT2D eigenvalue weighted by atomic mass is 9.67. The number of anilines is 6. The highest BCUT2D eigenvalue weighted by Gasteiger charge is 2.47. The Morgan fingerprint density at radius 1 is 0.284 bits per heavy atom. The lowest BCUT2D eigenvalue weighted by molar-refractivity contribution is 0.768. The van der Waals surface area contributed by atoms with Crippen LogP contribution in [0.5, 0.6) is 0 Å². The first-order valence-corrected chi connectivity index (χ1v) is 25.6. The normalized spacial score (nSPS) is 12.2. The first-order valence-electron chi connectivity index (χ1n) is 25.6. The number of rotatable bonds is 11. The molecule has 0 spiro atoms. The number of fused-ring (bicyclic) bond motifs is 4. The second kappa shape index (κ2) is 18.9. The van der Waals surface area contributed by atoms with Gasteiger partial charge in [-0.3, -0.25) is 0 Å². The maximum atomic E-state index is 2.49. The second-order valence-electron chi connectivity index (χ2n) is 19.3. The fraction of sp³-hybridized carbons (Fsp3) is 0.0278. The average Bonchev–Trinajstić information content (AvgIpc) is 3.80. The van der Waals surface area contributed by atoms with Crippen LogP contribution in [0.1, 0.15) is 27.8 Å². The van der Waals surface area contributed by atoms with Crippen LogP contribution in [0, 0.1) is 6.92 Å². The Hall–Kier alpha value is -9.50. The van der Waals surface area contributed by atoms with Gasteiger partial charge in [0.15, 0.2) is 0 Å². The molecule has 12 aromatic rings. The summed E-state index contributed by atoms with van der Waals surface area (Å²) >= 11 is 0. The molecule has 0 atom stereocenters. The SMILES string of the molecule is Cc1cccc2c1-c1ccc(N(c3ccc(N(c4ccc(-c5ccccc5)cc4)c4ccc(-c5ccccc5)cc4)cc3)c3ccc4ccccc4c3-c3ccccc3)cc1C2(c1ccccc1)c1ccccc1. The Morgan fingerprint density at radius 2 is 0.716 bits per heavy atom. The van der Waals surface area contributed by atoms with Crippen molar-refractivity contribution >= 4 is 44.9 Å². The van der Waals surface area contributed by atoms with E-state index in [0.29, 0.717) is 0 Å². The summed E-state index contributed by atoms with van der Waals surface area (Å²) in [6.45, 7) is 2.26. The van der Waals surface area contributed by atoms with E-state index < -0.39 is 5.41 Å². The van der Waals surface area contributed by atoms with E-state index in [1.165, 1.54) is 77.5 Å². The number of nitrogens with zero attached hydrogens (tertiary/aromatic N) is 2. The van der Waals surface area contributed by atoms with E-state index in [4.69, 9.17) is 0 Å². The van der Waals surface area contributed by atoms with Crippen molar-refractivity contribution < 1.29 is 0 Å². The molecule has 0 heterocycles. The first kappa shape index (κ1) is 44.4. The third kappa shape index (κ3) is 7.67. The van der Waals surface area contributed by atoms with Crippen molar-refractivity contribution in [3.8, 4) is 44.5 Å². The molecule has 0 saturated heterocycles. The van der Waals surface area contributed by atoms with E-state index in [1.54, 1.807) is 0 Å². The van der Waals surface area contributed by atoms with Gasteiger partial charge in [-0.25, -0.2) is 0 Å². The molecule has 0 N–H and O–H groups in total. The highest BCUT2D eigenvalue weighted by Crippen LogP contribution is 2.58. The van der Waals surface area contributed by atoms with Gasteiger partial charge in [-0.1, -0.05) is 231 Å². The molecule has 12 aromatic carbocycles. The second-order valence-corrected chi connectivity index (χ2v) is 19.3. The minimum absolute atomic E-state index is 0.566. The molecule has 13 rings (SSSR count). The van der Waals surface area contributed by atoms with Gasteiger partial charge in [0.1, 0.15) is 0 Å². The first-order chi connectivity index (χ1) is 36.6. The maximum absolute atomic E-state index is 2.49. The van der Waals surface area contributed by atoms with Gasteiger partial charge in [-0.2, -0.15) is 0 Å². The molecule has 0 amide bonds. The van der Waals surface area contributed by atoms with E-state index in [9.17, 15) is 0 Å². The molecule has 0 bridgehead atoms. The standard InChI is InChI=1S/C72H52N2/c1-51-20-19-33-67-70(51)66-48-47-64(50-68(66)72(67,58-28-13-5-14-29-58)59-30-15-6-16-31-59)74(69-49-38-56-25-17-18-32-65(56)71(69)57-26-11-4-12-27-57)63-45-43-62(44-46-63)73(60-39-34-54(35-40-60)52-21-7-2-8-22-52)61-41-36-55(37-42-61)53-23-9-3-10-24-53/h2-50H,1H3. The summed E-state index contributed by atoms with van der Waals surface area (Å²) < 4.78 is 0. The number of hydrogen-bond acceptors (Lipinski definition) is 2. The molecule has 74 heavy (non-hydrogen) atoms. The van der Waals surface area contributed by atoms with Gasteiger partial charge in [0.25, 0.3) is 0 Å². The number of hydrogen-bond donors (Lipinski definition) is 0. The highest BCUT2D eigenvalue weighted by molar-refractivity contribution is 6.06. The quantitative estimate of drug-likeness (QED) is 0.127. The molecule has 0 aliphatic heterocycles. The van der Waals surface area contributed by atoms with Crippen molar-refractivity contribution in [1.82, 2.24) is 0 Å². The van der Waals surface area contributed by atoms with Crippen molar-refractivity contribution in [2.24, 2.45) is 0 Å². The van der Waals surface area contributed by atoms with Crippen molar-refractivity contribution in [3.05, 3.63) is 325 Å². The van der Waals surface area contributed by atoms with E-state index >= 15 is 0 Å². The Kier molecular flexibility index (Phi) is 11.4. The molecule has 2 heteroatoms. The van der Waals surface area contributed by atoms with Gasteiger partial charge in [0.2, 0.25) is 0 Å². The van der Waals surface area contributed by atoms with Crippen LogP contribution < -0.4 is 9.80 Å². The molecule has 0 fully saturated rings. The van der Waals surface area contributed by atoms with Crippen LogP contribution >= 0.6 is 0 Å². The van der Waals surface area contributed by atoms with Gasteiger partial charge in [0.05, 0.1) is 11.1 Å². The summed E-state index contributed by atoms with van der Waals surface area (Å²) in [5.41, 5.74) is 21.9. The molecular weight excluding hydrogens is 893 g/mol. The van der Waals surface area contributed by atoms with Crippen LogP contribution in [-0.2, 0) is 5.41 Å². The van der Waals surface area contributed by atoms with E-state index in [-0.39, 0.29) is 0 Å². The summed E-state index contributed by atoms with van der Waals surface area (Å²) in [4.78, 5) is 4.86. The zero-order chi connectivity index (χ0) is 49.4. The predicted octanol–water partition coefficient (Wildman–Crippen LogP) is 19.5. The Bertz CT molecular complexity index is 3790. The van der Waals surface area contributed by atoms with Crippen LogP contribution in [0.25, 0.3) is 55.3 Å². The molecular formula is C72H52N2. The summed E-state index contributed by atoms with van der Waals surface area (Å²) in [5, 5.41) is 2.40. The fourth-order valence-corrected chi connectivity index (χ4v) is 11.7. The fourth-order valence-electron chi connectivity index (χ4n) is 11.7. The molecule has 2 nitrogen and oxygen atoms in total. The summed E-state index contributed by atoms with van der Waals surface area (Å²) in [6.07, 6.45) is 0. The lowest BCUT2D eigenvalue weighted by Gasteiger charge is -2.35. The van der Waals surface area contributed by atoms with Gasteiger partial charge < -0.3 is 9.80 Å². The molecule has 0 unspecified atom stereocenters. The summed E-state index contributed by atoms with van der Waals surface area (Å²) in [5.74, 6) is 0. The van der Waals surface area contributed by atoms with Gasteiger partial charge >= 0.3 is 0 Å². The largest absolute Gasteiger partial charge is 0.311 e. The van der Waals surface area contributed by atoms with Crippen molar-refractivity contribution in [2.45, 2.75) is 12.3 Å². The molecule has 350 valence electrons. The highest BCUT2D eigenvalue weighted by atomic mass is 15.2. The molecule has 0 saturated carbocycles. The zero-order valence-electron chi connectivity index (χ0n) is 41.2. The topological polar surface area (TPSA) is 6.48 Å². The van der Waals surface area contributed by atoms with Crippen LogP contribution in [0.2, 0.25) is 0 Å². The zero-order valence-corrected chi connectivity index (χ0v) is 41.2. The van der Waals surface area contributed by atoms with Crippen LogP contribution in [-0.4, -0.2) is 0 Å². The monoisotopic (exact) mass is 944 g/mol. The summed E-state index contributed by atoms with van der Waals surface area (Å²) in [6, 6.07) is 109. The smallest absolute Gasteiger partial charge is 0.0714 e. The summed E-state index contributed by atoms with van der Waals surface area (Å²) in [7, 11) is 0. The minimum Gasteiger partial charge on any atom is -0.311 e. The molecule has 0 aromatic heterocycles. The third-order valence-electron chi connectivity index (χ3n) is 15.1. The maximum Gasteiger partial charge on any atom is 0.0714 e. The van der Waals surface area contributed by atoms with E-state index in [0.717, 1.165) is 39.7 Å². The number of benzene rings is 12. The van der Waals surface area contributed by atoms with Crippen molar-refractivity contribution in [2.75, 3.05) is 9.80 Å². The van der Waals surface area contributed by atoms with Gasteiger partial charge in [0, 0.05) is 34.0 Å². The Labute approximate surface area is 434 Å². The van der Waals surface area contributed by atoms with Crippen LogP contribution in [0.4, 0.5) is 34.1 Å². The Morgan fingerprint density at radius 3 is 1.26 bits per heavy atom. The van der Waals surface area contributed by atoms with Gasteiger partial charge in [-0.15, -0.1) is 0 Å².